The number of nitrogens with one attached hydrogen (secondary N) is 2. The summed E-state index contributed by atoms with van der Waals surface area (Å²) >= 11 is 0. The Morgan fingerprint density at radius 1 is 1.50 bits per heavy atom. The van der Waals surface area contributed by atoms with Gasteiger partial charge in [-0.2, -0.15) is 5.10 Å². The predicted molar refractivity (Wildman–Crippen MR) is 80.4 cm³/mol. The van der Waals surface area contributed by atoms with Gasteiger partial charge < -0.3 is 15.5 Å². The number of carbonyl (C=O) groups excluding carboxylic acids is 1. The van der Waals surface area contributed by atoms with Gasteiger partial charge in [-0.25, -0.2) is 0 Å². The average Bonchev–Trinajstić information content (AvgIpc) is 2.72. The van der Waals surface area contributed by atoms with Gasteiger partial charge in [0.2, 0.25) is 5.91 Å². The Labute approximate surface area is 121 Å². The fourth-order valence-corrected chi connectivity index (χ4v) is 2.38. The van der Waals surface area contributed by atoms with Crippen molar-refractivity contribution < 1.29 is 4.79 Å². The molecule has 2 N–H and O–H groups in total. The molecule has 0 aliphatic carbocycles. The number of carbonyl (C=O) groups is 1. The number of rotatable bonds is 7. The van der Waals surface area contributed by atoms with Gasteiger partial charge >= 0.3 is 0 Å². The minimum absolute atomic E-state index is 0.0210. The Hall–Kier alpha value is -1.40. The molecule has 0 radical (unpaired) electrons. The van der Waals surface area contributed by atoms with E-state index >= 15 is 0 Å². The van der Waals surface area contributed by atoms with E-state index in [1.165, 1.54) is 0 Å². The van der Waals surface area contributed by atoms with Crippen molar-refractivity contribution in [2.45, 2.75) is 19.9 Å². The molecule has 6 nitrogen and oxygen atoms in total. The van der Waals surface area contributed by atoms with E-state index in [2.05, 4.69) is 34.5 Å². The molecule has 6 heteroatoms. The first-order chi connectivity index (χ1) is 9.25. The van der Waals surface area contributed by atoms with E-state index in [1.807, 2.05) is 27.3 Å². The lowest BCUT2D eigenvalue weighted by molar-refractivity contribution is -0.123. The van der Waals surface area contributed by atoms with Gasteiger partial charge in [0.15, 0.2) is 0 Å². The molecule has 20 heavy (non-hydrogen) atoms. The van der Waals surface area contributed by atoms with Crippen molar-refractivity contribution in [1.29, 1.82) is 0 Å². The fraction of sp³-hybridized carbons (Fsp3) is 0.714. The Balaban J connectivity index is 2.60. The minimum Gasteiger partial charge on any atom is -0.354 e. The van der Waals surface area contributed by atoms with Crippen LogP contribution in [0.15, 0.2) is 12.4 Å². The van der Waals surface area contributed by atoms with E-state index in [4.69, 9.17) is 0 Å². The van der Waals surface area contributed by atoms with Gasteiger partial charge in [-0.05, 0) is 26.6 Å². The summed E-state index contributed by atoms with van der Waals surface area (Å²) in [5.41, 5.74) is 0.907. The summed E-state index contributed by atoms with van der Waals surface area (Å²) in [5, 5.41) is 10.2. The third-order valence-corrected chi connectivity index (χ3v) is 3.09. The van der Waals surface area contributed by atoms with Gasteiger partial charge in [-0.15, -0.1) is 0 Å². The molecular weight excluding hydrogens is 254 g/mol. The highest BCUT2D eigenvalue weighted by molar-refractivity contribution is 5.83. The summed E-state index contributed by atoms with van der Waals surface area (Å²) < 4.78 is 1.70. The lowest BCUT2D eigenvalue weighted by Crippen LogP contribution is -2.43. The maximum atomic E-state index is 12.3. The largest absolute Gasteiger partial charge is 0.354 e. The van der Waals surface area contributed by atoms with Crippen molar-refractivity contribution in [3.05, 3.63) is 18.0 Å². The predicted octanol–water partition coefficient (Wildman–Crippen LogP) is 0.385. The van der Waals surface area contributed by atoms with Crippen molar-refractivity contribution in [1.82, 2.24) is 25.3 Å². The highest BCUT2D eigenvalue weighted by atomic mass is 16.2. The van der Waals surface area contributed by atoms with Crippen LogP contribution in [0.5, 0.6) is 0 Å². The number of likely N-dealkylation sites (N-methyl/N-ethyl adjacent to an activating group) is 1. The van der Waals surface area contributed by atoms with Crippen LogP contribution in [0.1, 0.15) is 25.5 Å². The second-order valence-corrected chi connectivity index (χ2v) is 6.29. The molecule has 1 unspecified atom stereocenters. The Bertz CT molecular complexity index is 439. The topological polar surface area (TPSA) is 62.2 Å². The summed E-state index contributed by atoms with van der Waals surface area (Å²) in [4.78, 5) is 14.4. The second kappa shape index (κ2) is 6.85. The maximum Gasteiger partial charge on any atom is 0.241 e. The highest BCUT2D eigenvalue weighted by Gasteiger charge is 2.24. The SMILES string of the molecule is CNC(C(=O)NCC(C)(C)CN(C)C)c1cnn(C)c1. The summed E-state index contributed by atoms with van der Waals surface area (Å²) in [7, 11) is 7.70. The van der Waals surface area contributed by atoms with Crippen molar-refractivity contribution in [3.63, 3.8) is 0 Å². The lowest BCUT2D eigenvalue weighted by Gasteiger charge is -2.29. The van der Waals surface area contributed by atoms with Crippen molar-refractivity contribution in [2.75, 3.05) is 34.2 Å². The normalized spacial score (nSPS) is 13.6. The first-order valence-electron chi connectivity index (χ1n) is 6.83. The van der Waals surface area contributed by atoms with Crippen LogP contribution in [0, 0.1) is 5.41 Å². The van der Waals surface area contributed by atoms with E-state index in [0.717, 1.165) is 12.1 Å². The zero-order valence-corrected chi connectivity index (χ0v) is 13.4. The van der Waals surface area contributed by atoms with Crippen molar-refractivity contribution in [2.24, 2.45) is 12.5 Å². The number of amides is 1. The molecule has 1 heterocycles. The zero-order valence-electron chi connectivity index (χ0n) is 13.4. The van der Waals surface area contributed by atoms with Crippen LogP contribution in [0.2, 0.25) is 0 Å². The molecular formula is C14H27N5O. The van der Waals surface area contributed by atoms with Crippen LogP contribution < -0.4 is 10.6 Å². The van der Waals surface area contributed by atoms with Gasteiger partial charge in [0.25, 0.3) is 0 Å². The zero-order chi connectivity index (χ0) is 15.3. The summed E-state index contributed by atoms with van der Waals surface area (Å²) in [6.45, 7) is 5.85. The van der Waals surface area contributed by atoms with Gasteiger partial charge in [0, 0.05) is 31.9 Å². The number of aromatic nitrogens is 2. The van der Waals surface area contributed by atoms with Crippen LogP contribution >= 0.6 is 0 Å². The third kappa shape index (κ3) is 4.94. The van der Waals surface area contributed by atoms with Crippen LogP contribution in [-0.2, 0) is 11.8 Å². The number of hydrogen-bond donors (Lipinski definition) is 2. The fourth-order valence-electron chi connectivity index (χ4n) is 2.38. The molecule has 0 aliphatic rings. The van der Waals surface area contributed by atoms with Crippen molar-refractivity contribution >= 4 is 5.91 Å². The smallest absolute Gasteiger partial charge is 0.241 e. The van der Waals surface area contributed by atoms with Gasteiger partial charge in [-0.1, -0.05) is 13.8 Å². The Morgan fingerprint density at radius 3 is 2.60 bits per heavy atom. The van der Waals surface area contributed by atoms with E-state index in [-0.39, 0.29) is 17.4 Å². The number of hydrogen-bond acceptors (Lipinski definition) is 4. The molecule has 114 valence electrons. The molecule has 1 aromatic rings. The van der Waals surface area contributed by atoms with Gasteiger partial charge in [0.1, 0.15) is 6.04 Å². The molecule has 0 fully saturated rings. The van der Waals surface area contributed by atoms with E-state index < -0.39 is 0 Å². The quantitative estimate of drug-likeness (QED) is 0.759. The van der Waals surface area contributed by atoms with E-state index in [0.29, 0.717) is 6.54 Å². The molecule has 0 bridgehead atoms. The lowest BCUT2D eigenvalue weighted by atomic mass is 9.92. The molecule has 0 aliphatic heterocycles. The average molecular weight is 281 g/mol. The number of nitrogens with zero attached hydrogens (tertiary/aromatic N) is 3. The molecule has 1 rings (SSSR count). The Morgan fingerprint density at radius 2 is 2.15 bits per heavy atom. The van der Waals surface area contributed by atoms with Crippen LogP contribution in [0.3, 0.4) is 0 Å². The molecule has 1 aromatic heterocycles. The first-order valence-corrected chi connectivity index (χ1v) is 6.83. The summed E-state index contributed by atoms with van der Waals surface area (Å²) in [6.07, 6.45) is 3.57. The van der Waals surface area contributed by atoms with Crippen LogP contribution in [0.4, 0.5) is 0 Å². The standard InChI is InChI=1S/C14H27N5O/c1-14(2,10-18(4)5)9-16-13(20)12(15-3)11-7-17-19(6)8-11/h7-8,12,15H,9-10H2,1-6H3,(H,16,20). The molecule has 1 amide bonds. The molecule has 0 aromatic carbocycles. The van der Waals surface area contributed by atoms with Crippen LogP contribution in [-0.4, -0.2) is 54.8 Å². The second-order valence-electron chi connectivity index (χ2n) is 6.29. The van der Waals surface area contributed by atoms with E-state index in [1.54, 1.807) is 17.9 Å². The summed E-state index contributed by atoms with van der Waals surface area (Å²) in [6, 6.07) is -0.362. The molecule has 0 spiro atoms. The monoisotopic (exact) mass is 281 g/mol. The number of aryl methyl sites for hydroxylation is 1. The maximum absolute atomic E-state index is 12.3. The van der Waals surface area contributed by atoms with E-state index in [9.17, 15) is 4.79 Å². The minimum atomic E-state index is -0.362. The highest BCUT2D eigenvalue weighted by Crippen LogP contribution is 2.16. The van der Waals surface area contributed by atoms with Crippen molar-refractivity contribution in [3.8, 4) is 0 Å². The Kier molecular flexibility index (Phi) is 5.71. The third-order valence-electron chi connectivity index (χ3n) is 3.09. The molecule has 1 atom stereocenters. The molecule has 0 saturated heterocycles. The van der Waals surface area contributed by atoms with Gasteiger partial charge in [0.05, 0.1) is 6.20 Å². The first kappa shape index (κ1) is 16.7. The van der Waals surface area contributed by atoms with Gasteiger partial charge in [-0.3, -0.25) is 9.48 Å². The summed E-state index contributed by atoms with van der Waals surface area (Å²) in [5.74, 6) is -0.0210. The van der Waals surface area contributed by atoms with Crippen LogP contribution in [0.25, 0.3) is 0 Å². The molecule has 0 saturated carbocycles.